The number of aromatic nitrogens is 3. The van der Waals surface area contributed by atoms with Gasteiger partial charge in [0.2, 0.25) is 0 Å². The molecule has 1 aliphatic rings. The van der Waals surface area contributed by atoms with Gasteiger partial charge in [0.1, 0.15) is 11.4 Å². The molecule has 2 heterocycles. The predicted octanol–water partition coefficient (Wildman–Crippen LogP) is 2.85. The first-order valence-corrected chi connectivity index (χ1v) is 9.76. The Kier molecular flexibility index (Phi) is 6.16. The Balaban J connectivity index is 1.23. The van der Waals surface area contributed by atoms with Crippen LogP contribution in [0.5, 0.6) is 5.75 Å². The van der Waals surface area contributed by atoms with Crippen LogP contribution >= 0.6 is 0 Å². The fraction of sp³-hybridized carbons (Fsp3) is 0.318. The first-order chi connectivity index (χ1) is 14.3. The first kappa shape index (κ1) is 19.1. The van der Waals surface area contributed by atoms with Crippen LogP contribution in [-0.2, 0) is 22.7 Å². The molecule has 4 rings (SSSR count). The molecule has 29 heavy (non-hydrogen) atoms. The number of para-hydroxylation sites is 1. The normalized spacial score (nSPS) is 16.1. The Morgan fingerprint density at radius 2 is 1.79 bits per heavy atom. The summed E-state index contributed by atoms with van der Waals surface area (Å²) in [5.74, 6) is 0.691. The van der Waals surface area contributed by atoms with Crippen molar-refractivity contribution in [3.63, 3.8) is 0 Å². The third kappa shape index (κ3) is 5.20. The molecule has 1 aliphatic heterocycles. The molecule has 7 heteroatoms. The minimum Gasteiger partial charge on any atom is -0.484 e. The number of nitrogens with zero attached hydrogens (tertiary/aromatic N) is 4. The van der Waals surface area contributed by atoms with Crippen LogP contribution in [0.4, 0.5) is 0 Å². The lowest BCUT2D eigenvalue weighted by Gasteiger charge is -2.16. The smallest absolute Gasteiger partial charge is 0.260 e. The van der Waals surface area contributed by atoms with Crippen molar-refractivity contribution in [1.82, 2.24) is 19.9 Å². The number of hydrogen-bond donors (Lipinski definition) is 0. The molecule has 0 aliphatic carbocycles. The molecule has 1 unspecified atom stereocenters. The summed E-state index contributed by atoms with van der Waals surface area (Å²) in [5.41, 5.74) is 1.92. The molecular weight excluding hydrogens is 368 g/mol. The fourth-order valence-electron chi connectivity index (χ4n) is 3.34. The van der Waals surface area contributed by atoms with Gasteiger partial charge in [-0.05, 0) is 24.1 Å². The van der Waals surface area contributed by atoms with Gasteiger partial charge in [0.15, 0.2) is 6.61 Å². The van der Waals surface area contributed by atoms with Gasteiger partial charge in [-0.15, -0.1) is 5.10 Å². The molecule has 1 fully saturated rings. The molecule has 2 aromatic carbocycles. The lowest BCUT2D eigenvalue weighted by Crippen LogP contribution is -2.33. The van der Waals surface area contributed by atoms with E-state index in [4.69, 9.17) is 9.47 Å². The van der Waals surface area contributed by atoms with E-state index in [1.807, 2.05) is 76.4 Å². The Morgan fingerprint density at radius 1 is 1.03 bits per heavy atom. The third-order valence-electron chi connectivity index (χ3n) is 4.91. The molecule has 1 amide bonds. The standard InChI is InChI=1S/C22H24N4O3/c27-22(17-29-21-9-5-2-6-10-21)25-12-11-20(14-25)26-13-19(23-24-26)16-28-15-18-7-3-1-4-8-18/h1-10,13,20H,11-12,14-17H2. The Hall–Kier alpha value is -3.19. The van der Waals surface area contributed by atoms with Gasteiger partial charge in [-0.2, -0.15) is 0 Å². The molecule has 3 aromatic rings. The molecule has 1 aromatic heterocycles. The Morgan fingerprint density at radius 3 is 2.59 bits per heavy atom. The van der Waals surface area contributed by atoms with Gasteiger partial charge >= 0.3 is 0 Å². The Labute approximate surface area is 169 Å². The van der Waals surface area contributed by atoms with Crippen molar-refractivity contribution >= 4 is 5.91 Å². The molecule has 7 nitrogen and oxygen atoms in total. The fourth-order valence-corrected chi connectivity index (χ4v) is 3.34. The van der Waals surface area contributed by atoms with Gasteiger partial charge < -0.3 is 14.4 Å². The van der Waals surface area contributed by atoms with Crippen molar-refractivity contribution < 1.29 is 14.3 Å². The molecule has 0 radical (unpaired) electrons. The number of carbonyl (C=O) groups is 1. The molecule has 1 atom stereocenters. The van der Waals surface area contributed by atoms with Crippen LogP contribution in [0, 0.1) is 0 Å². The van der Waals surface area contributed by atoms with Crippen molar-refractivity contribution in [2.45, 2.75) is 25.7 Å². The highest BCUT2D eigenvalue weighted by molar-refractivity contribution is 5.78. The maximum Gasteiger partial charge on any atom is 0.260 e. The number of hydrogen-bond acceptors (Lipinski definition) is 5. The topological polar surface area (TPSA) is 69.5 Å². The number of benzene rings is 2. The minimum atomic E-state index is -0.0112. The van der Waals surface area contributed by atoms with Crippen LogP contribution in [0.15, 0.2) is 66.9 Å². The van der Waals surface area contributed by atoms with Gasteiger partial charge in [-0.25, -0.2) is 4.68 Å². The van der Waals surface area contributed by atoms with Crippen LogP contribution in [0.25, 0.3) is 0 Å². The van der Waals surface area contributed by atoms with Crippen LogP contribution < -0.4 is 4.74 Å². The zero-order valence-electron chi connectivity index (χ0n) is 16.2. The minimum absolute atomic E-state index is 0.0112. The summed E-state index contributed by atoms with van der Waals surface area (Å²) >= 11 is 0. The third-order valence-corrected chi connectivity index (χ3v) is 4.91. The van der Waals surface area contributed by atoms with E-state index in [2.05, 4.69) is 10.3 Å². The molecule has 0 spiro atoms. The predicted molar refractivity (Wildman–Crippen MR) is 107 cm³/mol. The van der Waals surface area contributed by atoms with Gasteiger partial charge in [0.25, 0.3) is 5.91 Å². The number of ether oxygens (including phenoxy) is 2. The lowest BCUT2D eigenvalue weighted by atomic mass is 10.2. The van der Waals surface area contributed by atoms with E-state index in [0.29, 0.717) is 32.1 Å². The monoisotopic (exact) mass is 392 g/mol. The summed E-state index contributed by atoms with van der Waals surface area (Å²) in [6, 6.07) is 19.5. The van der Waals surface area contributed by atoms with Crippen molar-refractivity contribution in [2.75, 3.05) is 19.7 Å². The van der Waals surface area contributed by atoms with E-state index < -0.39 is 0 Å². The Bertz CT molecular complexity index is 914. The summed E-state index contributed by atoms with van der Waals surface area (Å²) < 4.78 is 13.1. The highest BCUT2D eigenvalue weighted by Crippen LogP contribution is 2.21. The maximum atomic E-state index is 12.4. The van der Waals surface area contributed by atoms with Gasteiger partial charge in [-0.3, -0.25) is 4.79 Å². The largest absolute Gasteiger partial charge is 0.484 e. The molecule has 0 saturated carbocycles. The first-order valence-electron chi connectivity index (χ1n) is 9.76. The molecule has 0 N–H and O–H groups in total. The van der Waals surface area contributed by atoms with E-state index >= 15 is 0 Å². The SMILES string of the molecule is O=C(COc1ccccc1)N1CCC(n2cc(COCc3ccccc3)nn2)C1. The summed E-state index contributed by atoms with van der Waals surface area (Å²) in [7, 11) is 0. The number of rotatable bonds is 8. The summed E-state index contributed by atoms with van der Waals surface area (Å²) in [6.07, 6.45) is 2.76. The van der Waals surface area contributed by atoms with Gasteiger partial charge in [-0.1, -0.05) is 53.7 Å². The number of carbonyl (C=O) groups excluding carboxylic acids is 1. The van der Waals surface area contributed by atoms with Crippen molar-refractivity contribution in [2.24, 2.45) is 0 Å². The maximum absolute atomic E-state index is 12.4. The van der Waals surface area contributed by atoms with Gasteiger partial charge in [0, 0.05) is 13.1 Å². The second-order valence-electron chi connectivity index (χ2n) is 7.05. The van der Waals surface area contributed by atoms with E-state index in [1.54, 1.807) is 0 Å². The molecule has 150 valence electrons. The van der Waals surface area contributed by atoms with Crippen molar-refractivity contribution in [3.8, 4) is 5.75 Å². The highest BCUT2D eigenvalue weighted by Gasteiger charge is 2.28. The van der Waals surface area contributed by atoms with Gasteiger partial charge in [0.05, 0.1) is 25.5 Å². The lowest BCUT2D eigenvalue weighted by molar-refractivity contribution is -0.132. The summed E-state index contributed by atoms with van der Waals surface area (Å²) in [5, 5.41) is 8.43. The zero-order chi connectivity index (χ0) is 19.9. The van der Waals surface area contributed by atoms with E-state index in [9.17, 15) is 4.79 Å². The van der Waals surface area contributed by atoms with Crippen LogP contribution in [0.1, 0.15) is 23.7 Å². The van der Waals surface area contributed by atoms with Crippen molar-refractivity contribution in [1.29, 1.82) is 0 Å². The number of likely N-dealkylation sites (tertiary alicyclic amines) is 1. The van der Waals surface area contributed by atoms with Crippen LogP contribution in [0.3, 0.4) is 0 Å². The quantitative estimate of drug-likeness (QED) is 0.590. The van der Waals surface area contributed by atoms with E-state index in [0.717, 1.165) is 17.7 Å². The molecule has 0 bridgehead atoms. The second-order valence-corrected chi connectivity index (χ2v) is 7.05. The van der Waals surface area contributed by atoms with Crippen molar-refractivity contribution in [3.05, 3.63) is 78.1 Å². The molecular formula is C22H24N4O3. The number of amides is 1. The van der Waals surface area contributed by atoms with Crippen LogP contribution in [0.2, 0.25) is 0 Å². The van der Waals surface area contributed by atoms with E-state index in [1.165, 1.54) is 0 Å². The summed E-state index contributed by atoms with van der Waals surface area (Å²) in [4.78, 5) is 14.2. The average Bonchev–Trinajstić information content (AvgIpc) is 3.43. The summed E-state index contributed by atoms with van der Waals surface area (Å²) in [6.45, 7) is 2.31. The highest BCUT2D eigenvalue weighted by atomic mass is 16.5. The molecule has 1 saturated heterocycles. The average molecular weight is 392 g/mol. The van der Waals surface area contributed by atoms with E-state index in [-0.39, 0.29) is 18.6 Å². The van der Waals surface area contributed by atoms with Crippen LogP contribution in [-0.4, -0.2) is 45.5 Å². The zero-order valence-corrected chi connectivity index (χ0v) is 16.2. The second kappa shape index (κ2) is 9.34.